The van der Waals surface area contributed by atoms with Crippen LogP contribution >= 0.6 is 11.3 Å². The van der Waals surface area contributed by atoms with Gasteiger partial charge in [0.1, 0.15) is 5.75 Å². The lowest BCUT2D eigenvalue weighted by molar-refractivity contribution is -0.116. The quantitative estimate of drug-likeness (QED) is 0.405. The second-order valence-corrected chi connectivity index (χ2v) is 9.02. The van der Waals surface area contributed by atoms with E-state index in [1.807, 2.05) is 18.2 Å². The summed E-state index contributed by atoms with van der Waals surface area (Å²) in [6.07, 6.45) is 1.27. The van der Waals surface area contributed by atoms with Crippen molar-refractivity contribution in [1.29, 1.82) is 0 Å². The second-order valence-electron chi connectivity index (χ2n) is 7.96. The molecule has 2 N–H and O–H groups in total. The number of nitrogens with zero attached hydrogens (tertiary/aromatic N) is 3. The zero-order chi connectivity index (χ0) is 23.5. The standard InChI is InChI=1S/C26H24N4O3S/c1-2-23(32)27-16-17-6-8-18(9-7-17)22-15-21-24(34-22)26(30-10-12-33-13-11-30)29-25(28-21)19-4-3-5-20(31)14-19/h2-9,14-15,31H,1,10-13,16H2,(H,27,32). The van der Waals surface area contributed by atoms with Crippen LogP contribution in [-0.4, -0.2) is 47.3 Å². The molecule has 1 aliphatic rings. The number of hydrogen-bond donors (Lipinski definition) is 2. The van der Waals surface area contributed by atoms with E-state index in [1.165, 1.54) is 6.08 Å². The SMILES string of the molecule is C=CC(=O)NCc1ccc(-c2cc3nc(-c4cccc(O)c4)nc(N4CCOCC4)c3s2)cc1. The van der Waals surface area contributed by atoms with E-state index >= 15 is 0 Å². The van der Waals surface area contributed by atoms with Gasteiger partial charge >= 0.3 is 0 Å². The first-order valence-corrected chi connectivity index (χ1v) is 11.9. The number of rotatable bonds is 6. The zero-order valence-corrected chi connectivity index (χ0v) is 19.3. The van der Waals surface area contributed by atoms with Gasteiger partial charge in [0.05, 0.1) is 23.4 Å². The first-order chi connectivity index (χ1) is 16.6. The van der Waals surface area contributed by atoms with Gasteiger partial charge in [-0.15, -0.1) is 11.3 Å². The van der Waals surface area contributed by atoms with Crippen molar-refractivity contribution in [3.05, 3.63) is 72.8 Å². The average Bonchev–Trinajstić information content (AvgIpc) is 3.32. The van der Waals surface area contributed by atoms with Gasteiger partial charge in [0, 0.05) is 30.1 Å². The van der Waals surface area contributed by atoms with Crippen molar-refractivity contribution in [2.24, 2.45) is 0 Å². The van der Waals surface area contributed by atoms with Crippen LogP contribution in [0.15, 0.2) is 67.3 Å². The highest BCUT2D eigenvalue weighted by Gasteiger charge is 2.20. The summed E-state index contributed by atoms with van der Waals surface area (Å²) in [4.78, 5) is 24.5. The van der Waals surface area contributed by atoms with E-state index in [4.69, 9.17) is 14.7 Å². The topological polar surface area (TPSA) is 87.6 Å². The molecular weight excluding hydrogens is 448 g/mol. The Labute approximate surface area is 201 Å². The maximum Gasteiger partial charge on any atom is 0.243 e. The molecule has 0 aliphatic carbocycles. The number of carbonyl (C=O) groups is 1. The number of hydrogen-bond acceptors (Lipinski definition) is 7. The second kappa shape index (κ2) is 9.62. The van der Waals surface area contributed by atoms with Gasteiger partial charge in [0.15, 0.2) is 11.6 Å². The van der Waals surface area contributed by atoms with Gasteiger partial charge in [-0.1, -0.05) is 43.0 Å². The molecule has 7 nitrogen and oxygen atoms in total. The molecule has 0 unspecified atom stereocenters. The van der Waals surface area contributed by atoms with Gasteiger partial charge in [-0.2, -0.15) is 0 Å². The number of aromatic nitrogens is 2. The molecule has 2 aromatic heterocycles. The molecule has 0 saturated carbocycles. The first-order valence-electron chi connectivity index (χ1n) is 11.0. The Kier molecular flexibility index (Phi) is 6.24. The van der Waals surface area contributed by atoms with Gasteiger partial charge in [-0.25, -0.2) is 9.97 Å². The van der Waals surface area contributed by atoms with Crippen LogP contribution in [0.4, 0.5) is 5.82 Å². The van der Waals surface area contributed by atoms with Crippen LogP contribution in [0.1, 0.15) is 5.56 Å². The number of ether oxygens (including phenoxy) is 1. The molecule has 8 heteroatoms. The summed E-state index contributed by atoms with van der Waals surface area (Å²) in [6, 6.07) is 17.2. The number of fused-ring (bicyclic) bond motifs is 1. The molecule has 1 amide bonds. The maximum absolute atomic E-state index is 11.4. The number of phenolic OH excluding ortho intramolecular Hbond substituents is 1. The van der Waals surface area contributed by atoms with Gasteiger partial charge in [0.2, 0.25) is 5.91 Å². The van der Waals surface area contributed by atoms with E-state index in [9.17, 15) is 9.90 Å². The lowest BCUT2D eigenvalue weighted by Gasteiger charge is -2.28. The van der Waals surface area contributed by atoms with Crippen LogP contribution in [0.5, 0.6) is 5.75 Å². The van der Waals surface area contributed by atoms with Crippen molar-refractivity contribution in [1.82, 2.24) is 15.3 Å². The summed E-state index contributed by atoms with van der Waals surface area (Å²) >= 11 is 1.67. The fraction of sp³-hybridized carbons (Fsp3) is 0.192. The lowest BCUT2D eigenvalue weighted by atomic mass is 10.1. The summed E-state index contributed by atoms with van der Waals surface area (Å²) in [7, 11) is 0. The van der Waals surface area contributed by atoms with E-state index in [2.05, 4.69) is 35.0 Å². The van der Waals surface area contributed by atoms with Gasteiger partial charge in [0.25, 0.3) is 0 Å². The molecule has 5 rings (SSSR count). The van der Waals surface area contributed by atoms with E-state index in [0.717, 1.165) is 50.7 Å². The Morgan fingerprint density at radius 1 is 1.12 bits per heavy atom. The Morgan fingerprint density at radius 2 is 1.91 bits per heavy atom. The third-order valence-electron chi connectivity index (χ3n) is 5.66. The molecule has 2 aromatic carbocycles. The van der Waals surface area contributed by atoms with Crippen molar-refractivity contribution >= 4 is 33.3 Å². The molecule has 1 fully saturated rings. The number of morpholine rings is 1. The van der Waals surface area contributed by atoms with Gasteiger partial charge < -0.3 is 20.1 Å². The normalized spacial score (nSPS) is 13.7. The molecule has 0 atom stereocenters. The molecular formula is C26H24N4O3S. The van der Waals surface area contributed by atoms with Crippen molar-refractivity contribution in [2.75, 3.05) is 31.2 Å². The van der Waals surface area contributed by atoms with Crippen LogP contribution in [0.2, 0.25) is 0 Å². The minimum absolute atomic E-state index is 0.185. The monoisotopic (exact) mass is 472 g/mol. The summed E-state index contributed by atoms with van der Waals surface area (Å²) in [5, 5.41) is 12.7. The van der Waals surface area contributed by atoms with Crippen LogP contribution in [0.3, 0.4) is 0 Å². The number of thiophene rings is 1. The molecule has 172 valence electrons. The van der Waals surface area contributed by atoms with E-state index in [1.54, 1.807) is 29.5 Å². The smallest absolute Gasteiger partial charge is 0.243 e. The fourth-order valence-corrected chi connectivity index (χ4v) is 4.99. The summed E-state index contributed by atoms with van der Waals surface area (Å²) in [5.41, 5.74) is 3.74. The minimum Gasteiger partial charge on any atom is -0.508 e. The Morgan fingerprint density at radius 3 is 2.65 bits per heavy atom. The van der Waals surface area contributed by atoms with Crippen molar-refractivity contribution in [2.45, 2.75) is 6.54 Å². The van der Waals surface area contributed by atoms with Crippen molar-refractivity contribution in [3.8, 4) is 27.6 Å². The van der Waals surface area contributed by atoms with Gasteiger partial charge in [-0.3, -0.25) is 4.79 Å². The third-order valence-corrected chi connectivity index (χ3v) is 6.83. The Hall–Kier alpha value is -3.75. The molecule has 0 bridgehead atoms. The van der Waals surface area contributed by atoms with Crippen LogP contribution in [0, 0.1) is 0 Å². The molecule has 0 radical (unpaired) electrons. The number of anilines is 1. The molecule has 3 heterocycles. The Bertz CT molecular complexity index is 1340. The highest BCUT2D eigenvalue weighted by molar-refractivity contribution is 7.22. The van der Waals surface area contributed by atoms with Gasteiger partial charge in [-0.05, 0) is 35.4 Å². The molecule has 1 aliphatic heterocycles. The van der Waals surface area contributed by atoms with Crippen LogP contribution in [0.25, 0.3) is 32.0 Å². The third kappa shape index (κ3) is 4.64. The number of carbonyl (C=O) groups excluding carboxylic acids is 1. The average molecular weight is 473 g/mol. The highest BCUT2D eigenvalue weighted by atomic mass is 32.1. The fourth-order valence-electron chi connectivity index (χ4n) is 3.87. The van der Waals surface area contributed by atoms with Crippen LogP contribution < -0.4 is 10.2 Å². The lowest BCUT2D eigenvalue weighted by Crippen LogP contribution is -2.36. The number of nitrogens with one attached hydrogen (secondary N) is 1. The van der Waals surface area contributed by atoms with Crippen LogP contribution in [-0.2, 0) is 16.1 Å². The molecule has 4 aromatic rings. The molecule has 34 heavy (non-hydrogen) atoms. The number of amides is 1. The van der Waals surface area contributed by atoms with E-state index < -0.39 is 0 Å². The maximum atomic E-state index is 11.4. The van der Waals surface area contributed by atoms with E-state index in [-0.39, 0.29) is 11.7 Å². The predicted molar refractivity (Wildman–Crippen MR) is 135 cm³/mol. The molecule has 1 saturated heterocycles. The summed E-state index contributed by atoms with van der Waals surface area (Å²) in [5.74, 6) is 1.48. The molecule has 0 spiro atoms. The first kappa shape index (κ1) is 22.1. The zero-order valence-electron chi connectivity index (χ0n) is 18.5. The number of phenols is 1. The predicted octanol–water partition coefficient (Wildman–Crippen LogP) is 4.37. The van der Waals surface area contributed by atoms with Crippen molar-refractivity contribution in [3.63, 3.8) is 0 Å². The summed E-state index contributed by atoms with van der Waals surface area (Å²) in [6.45, 7) is 6.79. The van der Waals surface area contributed by atoms with Crippen molar-refractivity contribution < 1.29 is 14.6 Å². The largest absolute Gasteiger partial charge is 0.508 e. The number of benzene rings is 2. The summed E-state index contributed by atoms with van der Waals surface area (Å²) < 4.78 is 6.58. The number of aromatic hydroxyl groups is 1. The highest BCUT2D eigenvalue weighted by Crippen LogP contribution is 2.39. The minimum atomic E-state index is -0.190. The Balaban J connectivity index is 1.53. The van der Waals surface area contributed by atoms with E-state index in [0.29, 0.717) is 25.6 Å².